The molecule has 0 radical (unpaired) electrons. The maximum absolute atomic E-state index is 10.6. The molecule has 0 bridgehead atoms. The largest absolute Gasteiger partial charge is 0.488 e. The fourth-order valence-electron chi connectivity index (χ4n) is 2.40. The third-order valence-electron chi connectivity index (χ3n) is 3.41. The lowest BCUT2D eigenvalue weighted by Crippen LogP contribution is -2.61. The molecule has 1 fully saturated rings. The smallest absolute Gasteiger partial charge is 0.269 e. The van der Waals surface area contributed by atoms with E-state index in [1.54, 1.807) is 12.1 Å². The standard InChI is InChI=1S/C14H20N2O4/c1-3-15-12-9-13(14(12)19-4-2)20-11-7-5-10(6-8-11)16(17)18/h5-8,12-15H,3-4,9H2,1-2H3. The molecular weight excluding hydrogens is 260 g/mol. The molecule has 0 spiro atoms. The number of ether oxygens (including phenoxy) is 2. The van der Waals surface area contributed by atoms with Crippen molar-refractivity contribution < 1.29 is 14.4 Å². The molecule has 110 valence electrons. The number of benzene rings is 1. The molecule has 0 amide bonds. The van der Waals surface area contributed by atoms with Crippen LogP contribution < -0.4 is 10.1 Å². The minimum atomic E-state index is -0.419. The average Bonchev–Trinajstić information content (AvgIpc) is 2.44. The number of rotatable bonds is 7. The molecule has 1 N–H and O–H groups in total. The molecule has 20 heavy (non-hydrogen) atoms. The summed E-state index contributed by atoms with van der Waals surface area (Å²) in [5.41, 5.74) is 0.0674. The van der Waals surface area contributed by atoms with Gasteiger partial charge in [0.25, 0.3) is 5.69 Å². The third kappa shape index (κ3) is 3.26. The highest BCUT2D eigenvalue weighted by Crippen LogP contribution is 2.29. The van der Waals surface area contributed by atoms with E-state index in [4.69, 9.17) is 9.47 Å². The first-order chi connectivity index (χ1) is 9.65. The SMILES string of the molecule is CCNC1CC(Oc2ccc([N+](=O)[O-])cc2)C1OCC. The van der Waals surface area contributed by atoms with E-state index in [-0.39, 0.29) is 17.9 Å². The lowest BCUT2D eigenvalue weighted by atomic mass is 9.85. The Labute approximate surface area is 118 Å². The van der Waals surface area contributed by atoms with Crippen LogP contribution in [0.25, 0.3) is 0 Å². The summed E-state index contributed by atoms with van der Waals surface area (Å²) < 4.78 is 11.5. The third-order valence-corrected chi connectivity index (χ3v) is 3.41. The van der Waals surface area contributed by atoms with Crippen LogP contribution in [0.1, 0.15) is 20.3 Å². The Morgan fingerprint density at radius 2 is 2.05 bits per heavy atom. The van der Waals surface area contributed by atoms with Crippen LogP contribution in [0.15, 0.2) is 24.3 Å². The molecule has 1 aliphatic rings. The molecule has 3 atom stereocenters. The van der Waals surface area contributed by atoms with Crippen molar-refractivity contribution >= 4 is 5.69 Å². The van der Waals surface area contributed by atoms with Gasteiger partial charge in [0.1, 0.15) is 18.0 Å². The van der Waals surface area contributed by atoms with Gasteiger partial charge in [0, 0.05) is 31.2 Å². The minimum Gasteiger partial charge on any atom is -0.488 e. The van der Waals surface area contributed by atoms with Crippen molar-refractivity contribution in [2.45, 2.75) is 38.5 Å². The maximum atomic E-state index is 10.6. The van der Waals surface area contributed by atoms with Crippen LogP contribution >= 0.6 is 0 Å². The molecule has 2 rings (SSSR count). The number of hydrogen-bond donors (Lipinski definition) is 1. The quantitative estimate of drug-likeness (QED) is 0.612. The molecule has 0 aromatic heterocycles. The Morgan fingerprint density at radius 3 is 2.60 bits per heavy atom. The Kier molecular flexibility index (Phi) is 4.92. The van der Waals surface area contributed by atoms with E-state index < -0.39 is 4.92 Å². The number of likely N-dealkylation sites (N-methyl/N-ethyl adjacent to an activating group) is 1. The van der Waals surface area contributed by atoms with Gasteiger partial charge in [0.15, 0.2) is 0 Å². The van der Waals surface area contributed by atoms with E-state index in [2.05, 4.69) is 12.2 Å². The zero-order chi connectivity index (χ0) is 14.5. The molecule has 0 aliphatic heterocycles. The van der Waals surface area contributed by atoms with Crippen LogP contribution in [0, 0.1) is 10.1 Å². The van der Waals surface area contributed by atoms with Crippen LogP contribution in [0.3, 0.4) is 0 Å². The molecule has 6 nitrogen and oxygen atoms in total. The van der Waals surface area contributed by atoms with E-state index in [1.807, 2.05) is 6.92 Å². The van der Waals surface area contributed by atoms with Crippen molar-refractivity contribution in [3.63, 3.8) is 0 Å². The molecule has 1 saturated carbocycles. The first-order valence-corrected chi connectivity index (χ1v) is 6.91. The second-order valence-corrected chi connectivity index (χ2v) is 4.73. The molecular formula is C14H20N2O4. The summed E-state index contributed by atoms with van der Waals surface area (Å²) in [7, 11) is 0. The van der Waals surface area contributed by atoms with Gasteiger partial charge in [-0.1, -0.05) is 6.92 Å². The van der Waals surface area contributed by atoms with Gasteiger partial charge in [0.2, 0.25) is 0 Å². The van der Waals surface area contributed by atoms with Crippen molar-refractivity contribution in [2.24, 2.45) is 0 Å². The lowest BCUT2D eigenvalue weighted by molar-refractivity contribution is -0.384. The monoisotopic (exact) mass is 280 g/mol. The van der Waals surface area contributed by atoms with Gasteiger partial charge in [-0.05, 0) is 25.6 Å². The predicted molar refractivity (Wildman–Crippen MR) is 75.0 cm³/mol. The van der Waals surface area contributed by atoms with Crippen LogP contribution in [0.4, 0.5) is 5.69 Å². The maximum Gasteiger partial charge on any atom is 0.269 e. The molecule has 1 aromatic carbocycles. The Bertz CT molecular complexity index is 449. The summed E-state index contributed by atoms with van der Waals surface area (Å²) >= 11 is 0. The zero-order valence-electron chi connectivity index (χ0n) is 11.7. The van der Waals surface area contributed by atoms with Crippen LogP contribution in [0.5, 0.6) is 5.75 Å². The minimum absolute atomic E-state index is 0.000422. The highest BCUT2D eigenvalue weighted by Gasteiger charge is 2.43. The lowest BCUT2D eigenvalue weighted by Gasteiger charge is -2.44. The Morgan fingerprint density at radius 1 is 1.35 bits per heavy atom. The van der Waals surface area contributed by atoms with Gasteiger partial charge in [-0.15, -0.1) is 0 Å². The summed E-state index contributed by atoms with van der Waals surface area (Å²) in [5, 5.41) is 14.0. The molecule has 1 aliphatic carbocycles. The second kappa shape index (κ2) is 6.67. The fraction of sp³-hybridized carbons (Fsp3) is 0.571. The Balaban J connectivity index is 1.94. The average molecular weight is 280 g/mol. The van der Waals surface area contributed by atoms with Crippen LogP contribution in [0.2, 0.25) is 0 Å². The van der Waals surface area contributed by atoms with Gasteiger partial charge < -0.3 is 14.8 Å². The molecule has 0 saturated heterocycles. The van der Waals surface area contributed by atoms with Crippen molar-refractivity contribution in [1.29, 1.82) is 0 Å². The van der Waals surface area contributed by atoms with E-state index in [1.165, 1.54) is 12.1 Å². The summed E-state index contributed by atoms with van der Waals surface area (Å²) in [6.07, 6.45) is 0.922. The highest BCUT2D eigenvalue weighted by atomic mass is 16.6. The van der Waals surface area contributed by atoms with E-state index in [0.29, 0.717) is 18.4 Å². The summed E-state index contributed by atoms with van der Waals surface area (Å²) in [5.74, 6) is 0.639. The van der Waals surface area contributed by atoms with Crippen LogP contribution in [-0.4, -0.2) is 36.3 Å². The molecule has 3 unspecified atom stereocenters. The highest BCUT2D eigenvalue weighted by molar-refractivity contribution is 5.36. The van der Waals surface area contributed by atoms with Crippen molar-refractivity contribution in [3.8, 4) is 5.75 Å². The molecule has 1 aromatic rings. The van der Waals surface area contributed by atoms with E-state index >= 15 is 0 Å². The Hall–Kier alpha value is -1.66. The van der Waals surface area contributed by atoms with E-state index in [0.717, 1.165) is 13.0 Å². The van der Waals surface area contributed by atoms with Gasteiger partial charge in [-0.3, -0.25) is 10.1 Å². The molecule has 0 heterocycles. The van der Waals surface area contributed by atoms with Crippen molar-refractivity contribution in [2.75, 3.05) is 13.2 Å². The summed E-state index contributed by atoms with van der Waals surface area (Å²) in [4.78, 5) is 10.2. The van der Waals surface area contributed by atoms with Gasteiger partial charge >= 0.3 is 0 Å². The number of hydrogen-bond acceptors (Lipinski definition) is 5. The topological polar surface area (TPSA) is 73.6 Å². The second-order valence-electron chi connectivity index (χ2n) is 4.73. The van der Waals surface area contributed by atoms with Crippen LogP contribution in [-0.2, 0) is 4.74 Å². The molecule has 6 heteroatoms. The number of nitrogens with zero attached hydrogens (tertiary/aromatic N) is 1. The normalized spacial score (nSPS) is 25.0. The number of nitro groups is 1. The predicted octanol–water partition coefficient (Wildman–Crippen LogP) is 2.13. The summed E-state index contributed by atoms with van der Waals surface area (Å²) in [6.45, 7) is 5.57. The first kappa shape index (κ1) is 14.7. The number of nitrogens with one attached hydrogen (secondary N) is 1. The van der Waals surface area contributed by atoms with Crippen molar-refractivity contribution in [1.82, 2.24) is 5.32 Å². The first-order valence-electron chi connectivity index (χ1n) is 6.91. The fourth-order valence-corrected chi connectivity index (χ4v) is 2.40. The zero-order valence-corrected chi connectivity index (χ0v) is 11.7. The summed E-state index contributed by atoms with van der Waals surface area (Å²) in [6, 6.07) is 6.48. The van der Waals surface area contributed by atoms with Gasteiger partial charge in [-0.25, -0.2) is 0 Å². The van der Waals surface area contributed by atoms with Crippen molar-refractivity contribution in [3.05, 3.63) is 34.4 Å². The van der Waals surface area contributed by atoms with Gasteiger partial charge in [0.05, 0.1) is 4.92 Å². The van der Waals surface area contributed by atoms with Gasteiger partial charge in [-0.2, -0.15) is 0 Å². The number of nitro benzene ring substituents is 1. The van der Waals surface area contributed by atoms with E-state index in [9.17, 15) is 10.1 Å². The number of non-ortho nitro benzene ring substituents is 1.